The van der Waals surface area contributed by atoms with E-state index in [0.717, 1.165) is 17.1 Å². The first-order chi connectivity index (χ1) is 11.9. The average molecular weight is 317 g/mol. The molecule has 1 aliphatic rings. The molecule has 0 saturated heterocycles. The maximum absolute atomic E-state index is 4.38. The highest BCUT2D eigenvalue weighted by Gasteiger charge is 2.09. The molecule has 5 heteroatoms. The van der Waals surface area contributed by atoms with Crippen LogP contribution in [0.25, 0.3) is 0 Å². The summed E-state index contributed by atoms with van der Waals surface area (Å²) in [6.45, 7) is 0. The molecule has 0 amide bonds. The SMILES string of the molecule is c1cc(Nc2cnc(Nc3ccc4c(c3)CCCC4)nc2)ccn1. The lowest BCUT2D eigenvalue weighted by molar-refractivity contribution is 0.686. The maximum Gasteiger partial charge on any atom is 0.227 e. The van der Waals surface area contributed by atoms with Crippen LogP contribution >= 0.6 is 0 Å². The fourth-order valence-corrected chi connectivity index (χ4v) is 3.00. The minimum Gasteiger partial charge on any atom is -0.353 e. The highest BCUT2D eigenvalue weighted by Crippen LogP contribution is 2.25. The second-order valence-corrected chi connectivity index (χ2v) is 5.97. The Bertz CT molecular complexity index is 815. The molecule has 2 N–H and O–H groups in total. The fraction of sp³-hybridized carbons (Fsp3) is 0.211. The minimum absolute atomic E-state index is 0.603. The second-order valence-electron chi connectivity index (χ2n) is 5.97. The fourth-order valence-electron chi connectivity index (χ4n) is 3.00. The molecule has 0 bridgehead atoms. The van der Waals surface area contributed by atoms with Crippen LogP contribution in [0.15, 0.2) is 55.1 Å². The number of pyridine rings is 1. The zero-order valence-electron chi connectivity index (χ0n) is 13.4. The van der Waals surface area contributed by atoms with Crippen molar-refractivity contribution < 1.29 is 0 Å². The summed E-state index contributed by atoms with van der Waals surface area (Å²) in [5.41, 5.74) is 5.78. The summed E-state index contributed by atoms with van der Waals surface area (Å²) >= 11 is 0. The van der Waals surface area contributed by atoms with Crippen LogP contribution in [-0.2, 0) is 12.8 Å². The summed E-state index contributed by atoms with van der Waals surface area (Å²) < 4.78 is 0. The summed E-state index contributed by atoms with van der Waals surface area (Å²) in [6.07, 6.45) is 12.0. The van der Waals surface area contributed by atoms with Gasteiger partial charge in [0.15, 0.2) is 0 Å². The molecule has 0 atom stereocenters. The van der Waals surface area contributed by atoms with E-state index >= 15 is 0 Å². The summed E-state index contributed by atoms with van der Waals surface area (Å²) in [7, 11) is 0. The number of fused-ring (bicyclic) bond motifs is 1. The Morgan fingerprint density at radius 3 is 2.25 bits per heavy atom. The normalized spacial score (nSPS) is 13.2. The van der Waals surface area contributed by atoms with Crippen molar-refractivity contribution in [2.75, 3.05) is 10.6 Å². The van der Waals surface area contributed by atoms with Crippen LogP contribution in [0.4, 0.5) is 23.0 Å². The quantitative estimate of drug-likeness (QED) is 0.753. The van der Waals surface area contributed by atoms with Crippen molar-refractivity contribution in [1.29, 1.82) is 0 Å². The number of nitrogens with zero attached hydrogens (tertiary/aromatic N) is 3. The number of aromatic nitrogens is 3. The van der Waals surface area contributed by atoms with Gasteiger partial charge in [0.1, 0.15) is 0 Å². The first kappa shape index (κ1) is 14.6. The van der Waals surface area contributed by atoms with E-state index in [1.54, 1.807) is 24.8 Å². The molecule has 0 spiro atoms. The molecule has 0 fully saturated rings. The lowest BCUT2D eigenvalue weighted by atomic mass is 9.91. The standard InChI is InChI=1S/C19H19N5/c1-2-4-15-11-17(6-5-14(15)3-1)24-19-21-12-18(13-22-19)23-16-7-9-20-10-8-16/h5-13H,1-4H2,(H,20,23)(H,21,22,24). The number of hydrogen-bond acceptors (Lipinski definition) is 5. The van der Waals surface area contributed by atoms with Gasteiger partial charge < -0.3 is 10.6 Å². The first-order valence-electron chi connectivity index (χ1n) is 8.25. The van der Waals surface area contributed by atoms with Crippen LogP contribution in [0.3, 0.4) is 0 Å². The van der Waals surface area contributed by atoms with E-state index in [9.17, 15) is 0 Å². The largest absolute Gasteiger partial charge is 0.353 e. The molecule has 0 radical (unpaired) electrons. The predicted octanol–water partition coefficient (Wildman–Crippen LogP) is 4.24. The second kappa shape index (κ2) is 6.66. The van der Waals surface area contributed by atoms with Crippen molar-refractivity contribution in [2.24, 2.45) is 0 Å². The molecule has 3 aromatic rings. The van der Waals surface area contributed by atoms with Crippen molar-refractivity contribution in [2.45, 2.75) is 25.7 Å². The van der Waals surface area contributed by atoms with Crippen molar-refractivity contribution >= 4 is 23.0 Å². The summed E-state index contributed by atoms with van der Waals surface area (Å²) in [5.74, 6) is 0.603. The zero-order valence-corrected chi connectivity index (χ0v) is 13.4. The Hall–Kier alpha value is -2.95. The van der Waals surface area contributed by atoms with Crippen LogP contribution < -0.4 is 10.6 Å². The van der Waals surface area contributed by atoms with Gasteiger partial charge in [-0.15, -0.1) is 0 Å². The Kier molecular flexibility index (Phi) is 4.06. The van der Waals surface area contributed by atoms with Gasteiger partial charge in [0.25, 0.3) is 0 Å². The van der Waals surface area contributed by atoms with E-state index < -0.39 is 0 Å². The smallest absolute Gasteiger partial charge is 0.227 e. The molecule has 2 heterocycles. The van der Waals surface area contributed by atoms with Crippen LogP contribution in [0.1, 0.15) is 24.0 Å². The minimum atomic E-state index is 0.603. The highest BCUT2D eigenvalue weighted by molar-refractivity contribution is 5.60. The van der Waals surface area contributed by atoms with Gasteiger partial charge in [0, 0.05) is 23.8 Å². The van der Waals surface area contributed by atoms with Gasteiger partial charge in [-0.2, -0.15) is 0 Å². The molecule has 1 aliphatic carbocycles. The van der Waals surface area contributed by atoms with E-state index in [1.807, 2.05) is 12.1 Å². The third kappa shape index (κ3) is 3.35. The lowest BCUT2D eigenvalue weighted by Gasteiger charge is -2.16. The average Bonchev–Trinajstić information content (AvgIpc) is 2.64. The van der Waals surface area contributed by atoms with Gasteiger partial charge in [0.2, 0.25) is 5.95 Å². The van der Waals surface area contributed by atoms with Crippen molar-refractivity contribution in [3.05, 3.63) is 66.2 Å². The number of anilines is 4. The Labute approximate surface area is 141 Å². The number of rotatable bonds is 4. The highest BCUT2D eigenvalue weighted by atomic mass is 15.1. The van der Waals surface area contributed by atoms with Gasteiger partial charge in [0.05, 0.1) is 18.1 Å². The summed E-state index contributed by atoms with van der Waals surface area (Å²) in [5, 5.41) is 6.53. The van der Waals surface area contributed by atoms with E-state index in [2.05, 4.69) is 43.8 Å². The molecule has 0 saturated carbocycles. The summed E-state index contributed by atoms with van der Waals surface area (Å²) in [4.78, 5) is 12.8. The summed E-state index contributed by atoms with van der Waals surface area (Å²) in [6, 6.07) is 10.4. The van der Waals surface area contributed by atoms with Crippen LogP contribution in [0.2, 0.25) is 0 Å². The monoisotopic (exact) mass is 317 g/mol. The number of hydrogen-bond donors (Lipinski definition) is 2. The van der Waals surface area contributed by atoms with Crippen molar-refractivity contribution in [3.63, 3.8) is 0 Å². The first-order valence-corrected chi connectivity index (χ1v) is 8.25. The topological polar surface area (TPSA) is 62.7 Å². The third-order valence-electron chi connectivity index (χ3n) is 4.23. The van der Waals surface area contributed by atoms with E-state index in [4.69, 9.17) is 0 Å². The number of benzene rings is 1. The molecular formula is C19H19N5. The van der Waals surface area contributed by atoms with Gasteiger partial charge in [-0.25, -0.2) is 9.97 Å². The van der Waals surface area contributed by atoms with Gasteiger partial charge in [-0.1, -0.05) is 6.07 Å². The molecule has 24 heavy (non-hydrogen) atoms. The predicted molar refractivity (Wildman–Crippen MR) is 95.9 cm³/mol. The molecule has 4 rings (SSSR count). The van der Waals surface area contributed by atoms with Crippen molar-refractivity contribution in [3.8, 4) is 0 Å². The molecule has 0 unspecified atom stereocenters. The van der Waals surface area contributed by atoms with Crippen LogP contribution in [-0.4, -0.2) is 15.0 Å². The maximum atomic E-state index is 4.38. The molecule has 2 aromatic heterocycles. The molecule has 0 aliphatic heterocycles. The Morgan fingerprint density at radius 2 is 1.46 bits per heavy atom. The van der Waals surface area contributed by atoms with Crippen LogP contribution in [0.5, 0.6) is 0 Å². The molecular weight excluding hydrogens is 298 g/mol. The Morgan fingerprint density at radius 1 is 0.708 bits per heavy atom. The van der Waals surface area contributed by atoms with Gasteiger partial charge in [-0.3, -0.25) is 4.98 Å². The van der Waals surface area contributed by atoms with Gasteiger partial charge in [-0.05, 0) is 61.1 Å². The molecule has 120 valence electrons. The molecule has 5 nitrogen and oxygen atoms in total. The van der Waals surface area contributed by atoms with Crippen molar-refractivity contribution in [1.82, 2.24) is 15.0 Å². The molecule has 1 aromatic carbocycles. The zero-order chi connectivity index (χ0) is 16.2. The number of nitrogens with one attached hydrogen (secondary N) is 2. The van der Waals surface area contributed by atoms with E-state index in [1.165, 1.54) is 36.8 Å². The van der Waals surface area contributed by atoms with E-state index in [-0.39, 0.29) is 0 Å². The Balaban J connectivity index is 1.45. The third-order valence-corrected chi connectivity index (χ3v) is 4.23. The van der Waals surface area contributed by atoms with Gasteiger partial charge >= 0.3 is 0 Å². The van der Waals surface area contributed by atoms with Crippen LogP contribution in [0, 0.1) is 0 Å². The van der Waals surface area contributed by atoms with E-state index in [0.29, 0.717) is 5.95 Å². The lowest BCUT2D eigenvalue weighted by Crippen LogP contribution is -2.04. The number of aryl methyl sites for hydroxylation is 2.